The summed E-state index contributed by atoms with van der Waals surface area (Å²) >= 11 is 0. The van der Waals surface area contributed by atoms with Crippen molar-refractivity contribution >= 4 is 21.8 Å². The monoisotopic (exact) mass is 1100 g/mol. The molecule has 2 heterocycles. The molecule has 0 amide bonds. The summed E-state index contributed by atoms with van der Waals surface area (Å²) in [7, 11) is 0. The first-order chi connectivity index (χ1) is 38.6. The van der Waals surface area contributed by atoms with Crippen molar-refractivity contribution in [3.8, 4) is 96.2 Å². The highest BCUT2D eigenvalue weighted by molar-refractivity contribution is 6.13. The molecule has 11 aromatic rings. The van der Waals surface area contributed by atoms with Crippen molar-refractivity contribution in [2.75, 3.05) is 0 Å². The molecule has 0 fully saturated rings. The normalized spacial score (nSPS) is 12.2. The predicted octanol–water partition coefficient (Wildman–Crippen LogP) is 19.1. The number of nitrogens with zero attached hydrogens (tertiary/aromatic N) is 5. The van der Waals surface area contributed by atoms with Crippen LogP contribution in [0.3, 0.4) is 0 Å². The van der Waals surface area contributed by atoms with Crippen molar-refractivity contribution in [2.45, 2.75) is 24.7 Å². The maximum absolute atomic E-state index is 14.9. The SMILES string of the molecule is N#Cc1cccc(-c2cc(-c3cc(-c4ccccc4)nc(-c4ccccc4)n3)cc(-c3cccc(C#N)c3)c2-n2c3ccc(-c4ccc(C(F)(F)F)cc4C(F)(F)F)cc3c3cc(-c4ccc(C(F)(F)F)cc4C(F)(F)F)ccc32)c1. The van der Waals surface area contributed by atoms with Crippen LogP contribution in [0.2, 0.25) is 0 Å². The summed E-state index contributed by atoms with van der Waals surface area (Å²) in [6.45, 7) is 0. The van der Waals surface area contributed by atoms with Crippen molar-refractivity contribution < 1.29 is 52.7 Å². The van der Waals surface area contributed by atoms with Crippen LogP contribution in [-0.4, -0.2) is 14.5 Å². The van der Waals surface area contributed by atoms with E-state index in [0.717, 1.165) is 5.56 Å². The molecule has 0 radical (unpaired) electrons. The molecule has 0 spiro atoms. The van der Waals surface area contributed by atoms with E-state index in [4.69, 9.17) is 9.97 Å². The van der Waals surface area contributed by atoms with E-state index in [1.807, 2.05) is 60.7 Å². The van der Waals surface area contributed by atoms with E-state index in [1.54, 1.807) is 71.3 Å². The third-order valence-electron chi connectivity index (χ3n) is 13.8. The molecule has 17 heteroatoms. The zero-order chi connectivity index (χ0) is 57.2. The Bertz CT molecular complexity index is 4100. The van der Waals surface area contributed by atoms with Gasteiger partial charge in [-0.25, -0.2) is 9.97 Å². The van der Waals surface area contributed by atoms with Crippen molar-refractivity contribution in [3.05, 3.63) is 234 Å². The van der Waals surface area contributed by atoms with Crippen molar-refractivity contribution in [1.29, 1.82) is 10.5 Å². The molecule has 0 aliphatic carbocycles. The van der Waals surface area contributed by atoms with Gasteiger partial charge in [0.15, 0.2) is 5.82 Å². The molecular formula is C64H33F12N5. The van der Waals surface area contributed by atoms with Crippen LogP contribution in [0, 0.1) is 22.7 Å². The van der Waals surface area contributed by atoms with Gasteiger partial charge in [0.1, 0.15) is 0 Å². The van der Waals surface area contributed by atoms with Crippen molar-refractivity contribution in [2.24, 2.45) is 0 Å². The van der Waals surface area contributed by atoms with Gasteiger partial charge in [-0.3, -0.25) is 0 Å². The number of halogens is 12. The molecule has 0 aliphatic heterocycles. The van der Waals surface area contributed by atoms with Gasteiger partial charge >= 0.3 is 24.7 Å². The molecule has 0 bridgehead atoms. The maximum atomic E-state index is 14.9. The van der Waals surface area contributed by atoms with Gasteiger partial charge in [-0.2, -0.15) is 63.2 Å². The van der Waals surface area contributed by atoms with Gasteiger partial charge < -0.3 is 4.57 Å². The fourth-order valence-electron chi connectivity index (χ4n) is 10.1. The van der Waals surface area contributed by atoms with Gasteiger partial charge in [0, 0.05) is 38.6 Å². The van der Waals surface area contributed by atoms with Crippen LogP contribution < -0.4 is 0 Å². The lowest BCUT2D eigenvalue weighted by molar-refractivity contribution is -0.144. The number of fused-ring (bicyclic) bond motifs is 3. The third kappa shape index (κ3) is 10.2. The second-order valence-electron chi connectivity index (χ2n) is 18.8. The van der Waals surface area contributed by atoms with Crippen LogP contribution in [0.1, 0.15) is 33.4 Å². The third-order valence-corrected chi connectivity index (χ3v) is 13.8. The van der Waals surface area contributed by atoms with Crippen LogP contribution in [0.15, 0.2) is 200 Å². The van der Waals surface area contributed by atoms with E-state index in [0.29, 0.717) is 80.5 Å². The zero-order valence-corrected chi connectivity index (χ0v) is 41.3. The number of nitriles is 2. The lowest BCUT2D eigenvalue weighted by atomic mass is 9.90. The molecule has 0 unspecified atom stereocenters. The average molecular weight is 1100 g/mol. The second kappa shape index (κ2) is 20.0. The Balaban J connectivity index is 1.28. The van der Waals surface area contributed by atoms with Gasteiger partial charge in [0.2, 0.25) is 0 Å². The lowest BCUT2D eigenvalue weighted by Crippen LogP contribution is -2.12. The summed E-state index contributed by atoms with van der Waals surface area (Å²) in [5.41, 5.74) is -2.58. The molecule has 0 saturated heterocycles. The minimum absolute atomic E-state index is 0.0156. The number of rotatable bonds is 8. The number of benzene rings is 9. The fourth-order valence-corrected chi connectivity index (χ4v) is 10.1. The molecule has 9 aromatic carbocycles. The fraction of sp³-hybridized carbons (Fsp3) is 0.0625. The van der Waals surface area contributed by atoms with Gasteiger partial charge in [-0.15, -0.1) is 0 Å². The average Bonchev–Trinajstić information content (AvgIpc) is 3.01. The van der Waals surface area contributed by atoms with Crippen molar-refractivity contribution in [3.63, 3.8) is 0 Å². The van der Waals surface area contributed by atoms with E-state index >= 15 is 0 Å². The molecule has 11 rings (SSSR count). The molecule has 0 N–H and O–H groups in total. The van der Waals surface area contributed by atoms with E-state index < -0.39 is 58.1 Å². The summed E-state index contributed by atoms with van der Waals surface area (Å²) in [4.78, 5) is 10.0. The summed E-state index contributed by atoms with van der Waals surface area (Å²) < 4.78 is 175. The topological polar surface area (TPSA) is 78.3 Å². The number of alkyl halides is 12. The Labute approximate surface area is 452 Å². The van der Waals surface area contributed by atoms with Crippen LogP contribution in [0.4, 0.5) is 52.7 Å². The molecule has 5 nitrogen and oxygen atoms in total. The maximum Gasteiger partial charge on any atom is 0.417 e. The smallest absolute Gasteiger partial charge is 0.308 e. The largest absolute Gasteiger partial charge is 0.417 e. The first kappa shape index (κ1) is 53.0. The molecule has 81 heavy (non-hydrogen) atoms. The Morgan fingerprint density at radius 2 is 0.741 bits per heavy atom. The molecule has 0 atom stereocenters. The summed E-state index contributed by atoms with van der Waals surface area (Å²) in [6.07, 6.45) is -21.0. The van der Waals surface area contributed by atoms with Crippen LogP contribution in [-0.2, 0) is 24.7 Å². The Morgan fingerprint density at radius 1 is 0.333 bits per heavy atom. The molecule has 2 aromatic heterocycles. The first-order valence-electron chi connectivity index (χ1n) is 24.4. The predicted molar refractivity (Wildman–Crippen MR) is 284 cm³/mol. The van der Waals surface area contributed by atoms with E-state index in [-0.39, 0.29) is 56.2 Å². The quantitative estimate of drug-likeness (QED) is 0.142. The highest BCUT2D eigenvalue weighted by Gasteiger charge is 2.40. The number of hydrogen-bond acceptors (Lipinski definition) is 4. The highest BCUT2D eigenvalue weighted by Crippen LogP contribution is 2.49. The summed E-state index contributed by atoms with van der Waals surface area (Å²) in [5.74, 6) is 0.356. The van der Waals surface area contributed by atoms with Gasteiger partial charge in [-0.05, 0) is 124 Å². The minimum Gasteiger partial charge on any atom is -0.308 e. The molecule has 0 saturated carbocycles. The number of aromatic nitrogens is 3. The van der Waals surface area contributed by atoms with E-state index in [9.17, 15) is 63.2 Å². The minimum atomic E-state index is -5.32. The number of hydrogen-bond donors (Lipinski definition) is 0. The van der Waals surface area contributed by atoms with E-state index in [1.165, 1.54) is 36.4 Å². The molecule has 0 aliphatic rings. The highest BCUT2D eigenvalue weighted by atomic mass is 19.4. The standard InChI is InChI=1S/C64H33F12N5/c65-61(66,67)45-19-21-47(53(31-45)63(71,72)73)42-17-23-57-51(27-42)52-28-43(48-22-20-46(62(68,69)70)32-54(48)64(74,75)76)18-24-58(52)81(57)59-49(40-15-7-9-36(25-40)34-77)29-44(30-50(59)41-16-8-10-37(26-41)35-78)56-33-55(38-11-3-1-4-12-38)79-60(80-56)39-13-5-2-6-14-39/h1-33H. The second-order valence-corrected chi connectivity index (χ2v) is 18.8. The summed E-state index contributed by atoms with van der Waals surface area (Å²) in [5, 5.41) is 20.7. The Morgan fingerprint density at radius 3 is 1.16 bits per heavy atom. The zero-order valence-electron chi connectivity index (χ0n) is 41.3. The first-order valence-corrected chi connectivity index (χ1v) is 24.4. The Hall–Kier alpha value is -10.0. The van der Waals surface area contributed by atoms with Crippen molar-refractivity contribution in [1.82, 2.24) is 14.5 Å². The van der Waals surface area contributed by atoms with Crippen LogP contribution >= 0.6 is 0 Å². The van der Waals surface area contributed by atoms with Gasteiger partial charge in [0.25, 0.3) is 0 Å². The van der Waals surface area contributed by atoms with Crippen LogP contribution in [0.25, 0.3) is 106 Å². The van der Waals surface area contributed by atoms with Gasteiger partial charge in [-0.1, -0.05) is 109 Å². The Kier molecular flexibility index (Phi) is 13.1. The lowest BCUT2D eigenvalue weighted by Gasteiger charge is -2.22. The molecular weight excluding hydrogens is 1070 g/mol. The molecule has 398 valence electrons. The van der Waals surface area contributed by atoms with Crippen LogP contribution in [0.5, 0.6) is 0 Å². The summed E-state index contributed by atoms with van der Waals surface area (Å²) in [6, 6.07) is 51.4. The van der Waals surface area contributed by atoms with Gasteiger partial charge in [0.05, 0.1) is 73.6 Å². The van der Waals surface area contributed by atoms with E-state index in [2.05, 4.69) is 12.1 Å².